The number of benzene rings is 3. The van der Waals surface area contributed by atoms with Crippen molar-refractivity contribution in [2.75, 3.05) is 19.8 Å². The van der Waals surface area contributed by atoms with Crippen LogP contribution >= 0.6 is 0 Å². The van der Waals surface area contributed by atoms with Crippen LogP contribution in [-0.4, -0.2) is 47.0 Å². The fraction of sp³-hybridized carbons (Fsp3) is 0.257. The second-order valence-electron chi connectivity index (χ2n) is 10.7. The van der Waals surface area contributed by atoms with Crippen molar-refractivity contribution < 1.29 is 34.0 Å². The smallest absolute Gasteiger partial charge is 0.306 e. The maximum atomic E-state index is 10.9. The van der Waals surface area contributed by atoms with Crippen LogP contribution in [-0.2, 0) is 24.6 Å². The molecule has 1 unspecified atom stereocenters. The Morgan fingerprint density at radius 2 is 1.78 bits per heavy atom. The quantitative estimate of drug-likeness (QED) is 0.190. The molecule has 1 aromatic heterocycles. The van der Waals surface area contributed by atoms with Gasteiger partial charge in [0.1, 0.15) is 50.1 Å². The molecule has 0 spiro atoms. The molecule has 0 amide bonds. The maximum Gasteiger partial charge on any atom is 0.306 e. The summed E-state index contributed by atoms with van der Waals surface area (Å²) in [5, 5.41) is 41.4. The van der Waals surface area contributed by atoms with E-state index in [1.807, 2.05) is 49.4 Å². The molecular formula is C35H32N4O7. The Kier molecular flexibility index (Phi) is 10.3. The zero-order valence-corrected chi connectivity index (χ0v) is 25.2. The van der Waals surface area contributed by atoms with Crippen molar-refractivity contribution in [1.29, 1.82) is 10.5 Å². The molecule has 11 nitrogen and oxygen atoms in total. The molecule has 3 aromatic carbocycles. The molecule has 11 heteroatoms. The van der Waals surface area contributed by atoms with Crippen LogP contribution in [0.5, 0.6) is 23.0 Å². The number of aliphatic hydroxyl groups is 1. The summed E-state index contributed by atoms with van der Waals surface area (Å²) in [6.07, 6.45) is 1.67. The first-order valence-corrected chi connectivity index (χ1v) is 14.6. The third-order valence-corrected chi connectivity index (χ3v) is 7.28. The molecule has 46 heavy (non-hydrogen) atoms. The number of nitrogens with one attached hydrogen (secondary N) is 1. The molecule has 0 bridgehead atoms. The van der Waals surface area contributed by atoms with Crippen LogP contribution in [0.4, 0.5) is 0 Å². The zero-order valence-electron chi connectivity index (χ0n) is 25.2. The number of fused-ring (bicyclic) bond motifs is 1. The van der Waals surface area contributed by atoms with Gasteiger partial charge >= 0.3 is 5.97 Å². The van der Waals surface area contributed by atoms with E-state index in [1.54, 1.807) is 18.3 Å². The van der Waals surface area contributed by atoms with Crippen molar-refractivity contribution in [3.8, 4) is 46.3 Å². The first-order chi connectivity index (χ1) is 22.3. The molecule has 4 aromatic rings. The van der Waals surface area contributed by atoms with Crippen molar-refractivity contribution in [2.45, 2.75) is 39.2 Å². The number of nitriles is 2. The minimum Gasteiger partial charge on any atom is -0.488 e. The number of pyridine rings is 1. The van der Waals surface area contributed by atoms with Gasteiger partial charge in [-0.05, 0) is 47.9 Å². The van der Waals surface area contributed by atoms with Gasteiger partial charge < -0.3 is 34.5 Å². The van der Waals surface area contributed by atoms with Gasteiger partial charge in [-0.1, -0.05) is 24.3 Å². The number of aryl methyl sites for hydroxylation is 1. The Labute approximate surface area is 266 Å². The number of aliphatic hydroxyl groups excluding tert-OH is 1. The Balaban J connectivity index is 1.37. The summed E-state index contributed by atoms with van der Waals surface area (Å²) in [6, 6.07) is 21.0. The summed E-state index contributed by atoms with van der Waals surface area (Å²) in [5.74, 6) is 1.26. The number of aliphatic carboxylic acids is 1. The van der Waals surface area contributed by atoms with Crippen LogP contribution in [0.1, 0.15) is 39.8 Å². The number of nitrogens with zero attached hydrogens (tertiary/aromatic N) is 3. The monoisotopic (exact) mass is 620 g/mol. The average Bonchev–Trinajstić information content (AvgIpc) is 3.06. The van der Waals surface area contributed by atoms with Gasteiger partial charge in [0.05, 0.1) is 23.7 Å². The fourth-order valence-corrected chi connectivity index (χ4v) is 5.05. The summed E-state index contributed by atoms with van der Waals surface area (Å²) >= 11 is 0. The van der Waals surface area contributed by atoms with Gasteiger partial charge in [0.15, 0.2) is 11.5 Å². The van der Waals surface area contributed by atoms with E-state index in [4.69, 9.17) is 24.1 Å². The number of hydrogen-bond donors (Lipinski definition) is 3. The lowest BCUT2D eigenvalue weighted by Gasteiger charge is -2.20. The van der Waals surface area contributed by atoms with Gasteiger partial charge in [0, 0.05) is 48.2 Å². The van der Waals surface area contributed by atoms with Crippen molar-refractivity contribution >= 4 is 5.97 Å². The van der Waals surface area contributed by atoms with Crippen molar-refractivity contribution in [3.05, 3.63) is 100 Å². The number of hydrogen-bond acceptors (Lipinski definition) is 10. The van der Waals surface area contributed by atoms with Crippen LogP contribution in [0.15, 0.2) is 67.0 Å². The predicted octanol–water partition coefficient (Wildman–Crippen LogP) is 4.65. The van der Waals surface area contributed by atoms with E-state index < -0.39 is 12.1 Å². The Bertz CT molecular complexity index is 1810. The molecule has 0 fully saturated rings. The lowest BCUT2D eigenvalue weighted by Crippen LogP contribution is -2.28. The van der Waals surface area contributed by atoms with Crippen LogP contribution in [0.2, 0.25) is 0 Å². The number of carboxylic acids is 1. The van der Waals surface area contributed by atoms with E-state index in [2.05, 4.69) is 22.4 Å². The third kappa shape index (κ3) is 7.90. The van der Waals surface area contributed by atoms with Crippen LogP contribution in [0.25, 0.3) is 11.1 Å². The number of rotatable bonds is 13. The molecule has 0 aliphatic carbocycles. The molecular weight excluding hydrogens is 588 g/mol. The van der Waals surface area contributed by atoms with Gasteiger partial charge in [-0.15, -0.1) is 0 Å². The lowest BCUT2D eigenvalue weighted by atomic mass is 9.96. The van der Waals surface area contributed by atoms with Gasteiger partial charge in [0.25, 0.3) is 0 Å². The van der Waals surface area contributed by atoms with E-state index in [1.165, 1.54) is 6.20 Å². The van der Waals surface area contributed by atoms with Gasteiger partial charge in [0.2, 0.25) is 0 Å². The molecule has 5 rings (SSSR count). The average molecular weight is 621 g/mol. The summed E-state index contributed by atoms with van der Waals surface area (Å²) in [4.78, 5) is 15.0. The van der Waals surface area contributed by atoms with Gasteiger partial charge in [-0.2, -0.15) is 10.5 Å². The molecule has 1 atom stereocenters. The zero-order chi connectivity index (χ0) is 32.5. The fourth-order valence-electron chi connectivity index (χ4n) is 5.05. The van der Waals surface area contributed by atoms with Crippen LogP contribution in [0.3, 0.4) is 0 Å². The van der Waals surface area contributed by atoms with E-state index in [9.17, 15) is 20.4 Å². The summed E-state index contributed by atoms with van der Waals surface area (Å²) in [5.41, 5.74) is 5.45. The van der Waals surface area contributed by atoms with Crippen molar-refractivity contribution in [1.82, 2.24) is 10.3 Å². The van der Waals surface area contributed by atoms with E-state index in [0.717, 1.165) is 22.3 Å². The van der Waals surface area contributed by atoms with Crippen molar-refractivity contribution in [2.24, 2.45) is 0 Å². The molecule has 1 aliphatic heterocycles. The molecule has 234 valence electrons. The lowest BCUT2D eigenvalue weighted by molar-refractivity contribution is -0.139. The Morgan fingerprint density at radius 1 is 0.978 bits per heavy atom. The molecule has 3 N–H and O–H groups in total. The largest absolute Gasteiger partial charge is 0.488 e. The summed E-state index contributed by atoms with van der Waals surface area (Å²) in [6.45, 7) is 3.47. The number of carbonyl (C=O) groups is 1. The van der Waals surface area contributed by atoms with E-state index in [-0.39, 0.29) is 26.2 Å². The van der Waals surface area contributed by atoms with Crippen LogP contribution < -0.4 is 24.3 Å². The first-order valence-electron chi connectivity index (χ1n) is 14.6. The number of aromatic nitrogens is 1. The highest BCUT2D eigenvalue weighted by Gasteiger charge is 2.17. The molecule has 0 saturated heterocycles. The highest BCUT2D eigenvalue weighted by atomic mass is 16.6. The Hall–Kier alpha value is -5.62. The van der Waals surface area contributed by atoms with Crippen molar-refractivity contribution in [3.63, 3.8) is 0 Å². The summed E-state index contributed by atoms with van der Waals surface area (Å²) in [7, 11) is 0. The minimum atomic E-state index is -1.08. The predicted molar refractivity (Wildman–Crippen MR) is 166 cm³/mol. The van der Waals surface area contributed by atoms with E-state index in [0.29, 0.717) is 65.0 Å². The molecule has 2 heterocycles. The minimum absolute atomic E-state index is 0.0772. The van der Waals surface area contributed by atoms with E-state index >= 15 is 0 Å². The standard InChI is InChI=1S/C35H32N4O7/c1-22-9-27(18-39-19-28(40)12-35(41)42)33(45-20-24-10-23(14-36)16-38-17-24)13-32(22)46-21-26-3-2-4-29(30(26)15-37)25-5-6-31-34(11-25)44-8-7-43-31/h2-6,9-11,13,16-17,28,39-40H,7-8,12,18-21H2,1H3,(H,41,42). The highest BCUT2D eigenvalue weighted by Crippen LogP contribution is 2.37. The maximum absolute atomic E-state index is 10.9. The Morgan fingerprint density at radius 3 is 2.57 bits per heavy atom. The highest BCUT2D eigenvalue weighted by molar-refractivity contribution is 5.74. The third-order valence-electron chi connectivity index (χ3n) is 7.28. The second kappa shape index (κ2) is 14.9. The molecule has 0 radical (unpaired) electrons. The second-order valence-corrected chi connectivity index (χ2v) is 10.7. The first kappa shape index (κ1) is 31.8. The van der Waals surface area contributed by atoms with Gasteiger partial charge in [-0.3, -0.25) is 9.78 Å². The molecule has 1 aliphatic rings. The van der Waals surface area contributed by atoms with Crippen LogP contribution in [0, 0.1) is 29.6 Å². The SMILES string of the molecule is Cc1cc(CNCC(O)CC(=O)O)c(OCc2cncc(C#N)c2)cc1OCc1cccc(-c2ccc3c(c2)OCCO3)c1C#N. The van der Waals surface area contributed by atoms with Gasteiger partial charge in [-0.25, -0.2) is 0 Å². The summed E-state index contributed by atoms with van der Waals surface area (Å²) < 4.78 is 23.8. The number of carboxylic acid groups (broad SMARTS) is 1. The number of ether oxygens (including phenoxy) is 4. The topological polar surface area (TPSA) is 167 Å². The molecule has 0 saturated carbocycles. The normalized spacial score (nSPS) is 12.4.